The molecule has 0 saturated carbocycles. The smallest absolute Gasteiger partial charge is 0.155 e. The minimum atomic E-state index is -0.0844. The molecule has 60 valence electrons. The summed E-state index contributed by atoms with van der Waals surface area (Å²) in [5, 5.41) is 0. The molecule has 1 saturated heterocycles. The fraction of sp³-hybridized carbons (Fsp3) is 1.00. The minimum absolute atomic E-state index is 0.0844. The van der Waals surface area contributed by atoms with E-state index in [4.69, 9.17) is 14.2 Å². The average molecular weight is 146 g/mol. The Bertz CT molecular complexity index is 90.9. The molecule has 1 rings (SSSR count). The van der Waals surface area contributed by atoms with E-state index in [0.29, 0.717) is 6.61 Å². The van der Waals surface area contributed by atoms with Crippen molar-refractivity contribution in [1.29, 1.82) is 0 Å². The Morgan fingerprint density at radius 2 is 2.30 bits per heavy atom. The third kappa shape index (κ3) is 2.25. The highest BCUT2D eigenvalue weighted by atomic mass is 16.7. The lowest BCUT2D eigenvalue weighted by Crippen LogP contribution is -2.39. The summed E-state index contributed by atoms with van der Waals surface area (Å²) in [5.74, 6) is 0. The topological polar surface area (TPSA) is 27.7 Å². The highest BCUT2D eigenvalue weighted by Gasteiger charge is 2.21. The largest absolute Gasteiger partial charge is 0.376 e. The second-order valence-corrected chi connectivity index (χ2v) is 2.32. The van der Waals surface area contributed by atoms with Crippen molar-refractivity contribution in [3.05, 3.63) is 0 Å². The van der Waals surface area contributed by atoms with Gasteiger partial charge < -0.3 is 14.2 Å². The van der Waals surface area contributed by atoms with Gasteiger partial charge in [0.05, 0.1) is 13.2 Å². The molecule has 0 amide bonds. The molecule has 3 nitrogen and oxygen atoms in total. The zero-order valence-corrected chi connectivity index (χ0v) is 6.50. The molecule has 1 atom stereocenters. The number of ether oxygens (including phenoxy) is 3. The summed E-state index contributed by atoms with van der Waals surface area (Å²) in [6.45, 7) is 6.00. The first-order valence-corrected chi connectivity index (χ1v) is 3.67. The monoisotopic (exact) mass is 146 g/mol. The average Bonchev–Trinajstić information content (AvgIpc) is 1.80. The van der Waals surface area contributed by atoms with Gasteiger partial charge in [-0.05, 0) is 13.8 Å². The van der Waals surface area contributed by atoms with Crippen molar-refractivity contribution in [2.24, 2.45) is 0 Å². The molecule has 0 unspecified atom stereocenters. The minimum Gasteiger partial charge on any atom is -0.376 e. The molecule has 0 aromatic heterocycles. The van der Waals surface area contributed by atoms with Crippen LogP contribution >= 0.6 is 0 Å². The Hall–Kier alpha value is -0.120. The Kier molecular flexibility index (Phi) is 3.12. The molecule has 0 bridgehead atoms. The molecule has 0 radical (unpaired) electrons. The number of hydrogen-bond donors (Lipinski definition) is 0. The van der Waals surface area contributed by atoms with Crippen molar-refractivity contribution < 1.29 is 14.2 Å². The first-order chi connectivity index (χ1) is 4.83. The maximum Gasteiger partial charge on any atom is 0.155 e. The summed E-state index contributed by atoms with van der Waals surface area (Å²) in [5.41, 5.74) is 0. The van der Waals surface area contributed by atoms with Gasteiger partial charge in [-0.2, -0.15) is 0 Å². The number of rotatable bonds is 4. The van der Waals surface area contributed by atoms with Crippen LogP contribution in [0.2, 0.25) is 0 Å². The van der Waals surface area contributed by atoms with Gasteiger partial charge in [-0.1, -0.05) is 0 Å². The highest BCUT2D eigenvalue weighted by molar-refractivity contribution is 4.64. The third-order valence-corrected chi connectivity index (χ3v) is 1.39. The van der Waals surface area contributed by atoms with E-state index in [0.717, 1.165) is 13.2 Å². The molecule has 1 heterocycles. The van der Waals surface area contributed by atoms with Crippen LogP contribution in [0.4, 0.5) is 0 Å². The molecule has 0 spiro atoms. The van der Waals surface area contributed by atoms with Gasteiger partial charge in [-0.15, -0.1) is 0 Å². The molecule has 0 N–H and O–H groups in total. The molecule has 1 fully saturated rings. The van der Waals surface area contributed by atoms with Gasteiger partial charge in [0.25, 0.3) is 0 Å². The third-order valence-electron chi connectivity index (χ3n) is 1.39. The maximum atomic E-state index is 5.38. The molecular formula is C7H14O3. The van der Waals surface area contributed by atoms with Gasteiger partial charge in [0.2, 0.25) is 0 Å². The lowest BCUT2D eigenvalue weighted by molar-refractivity contribution is -0.220. The van der Waals surface area contributed by atoms with E-state index >= 15 is 0 Å². The SMILES string of the molecule is CCO[C@@H](C)OC1COC1. The summed E-state index contributed by atoms with van der Waals surface area (Å²) < 4.78 is 15.5. The molecule has 1 aliphatic rings. The van der Waals surface area contributed by atoms with E-state index < -0.39 is 0 Å². The van der Waals surface area contributed by atoms with Gasteiger partial charge in [0, 0.05) is 6.61 Å². The fourth-order valence-electron chi connectivity index (χ4n) is 0.838. The van der Waals surface area contributed by atoms with Crippen LogP contribution in [0.15, 0.2) is 0 Å². The summed E-state index contributed by atoms with van der Waals surface area (Å²) in [4.78, 5) is 0. The Morgan fingerprint density at radius 3 is 2.70 bits per heavy atom. The number of hydrogen-bond acceptors (Lipinski definition) is 3. The lowest BCUT2D eigenvalue weighted by atomic mass is 10.3. The van der Waals surface area contributed by atoms with E-state index in [1.165, 1.54) is 0 Å². The molecule has 0 aromatic rings. The van der Waals surface area contributed by atoms with Gasteiger partial charge in [-0.25, -0.2) is 0 Å². The summed E-state index contributed by atoms with van der Waals surface area (Å²) in [7, 11) is 0. The summed E-state index contributed by atoms with van der Waals surface area (Å²) in [6, 6.07) is 0. The first kappa shape index (κ1) is 7.98. The quantitative estimate of drug-likeness (QED) is 0.549. The van der Waals surface area contributed by atoms with Crippen molar-refractivity contribution in [3.63, 3.8) is 0 Å². The van der Waals surface area contributed by atoms with Crippen molar-refractivity contribution in [1.82, 2.24) is 0 Å². The second kappa shape index (κ2) is 3.91. The van der Waals surface area contributed by atoms with Gasteiger partial charge in [0.1, 0.15) is 6.10 Å². The van der Waals surface area contributed by atoms with Crippen LogP contribution in [0, 0.1) is 0 Å². The van der Waals surface area contributed by atoms with Gasteiger partial charge >= 0.3 is 0 Å². The van der Waals surface area contributed by atoms with E-state index in [1.807, 2.05) is 13.8 Å². The molecule has 0 aliphatic carbocycles. The van der Waals surface area contributed by atoms with Gasteiger partial charge in [-0.3, -0.25) is 0 Å². The van der Waals surface area contributed by atoms with Crippen LogP contribution in [-0.2, 0) is 14.2 Å². The zero-order valence-electron chi connectivity index (χ0n) is 6.50. The summed E-state index contributed by atoms with van der Waals surface area (Å²) in [6.07, 6.45) is 0.181. The lowest BCUT2D eigenvalue weighted by Gasteiger charge is -2.28. The Morgan fingerprint density at radius 1 is 1.60 bits per heavy atom. The van der Waals surface area contributed by atoms with Crippen LogP contribution in [0.25, 0.3) is 0 Å². The zero-order chi connectivity index (χ0) is 7.40. The standard InChI is InChI=1S/C7H14O3/c1-3-9-6(2)10-7-4-8-5-7/h6-7H,3-5H2,1-2H3/t6-/m1/s1. The molecule has 10 heavy (non-hydrogen) atoms. The van der Waals surface area contributed by atoms with Gasteiger partial charge in [0.15, 0.2) is 6.29 Å². The van der Waals surface area contributed by atoms with E-state index in [9.17, 15) is 0 Å². The van der Waals surface area contributed by atoms with E-state index in [-0.39, 0.29) is 12.4 Å². The fourth-order valence-corrected chi connectivity index (χ4v) is 0.838. The predicted octanol–water partition coefficient (Wildman–Crippen LogP) is 0.784. The molecule has 0 aromatic carbocycles. The Balaban J connectivity index is 1.99. The van der Waals surface area contributed by atoms with Crippen LogP contribution in [0.5, 0.6) is 0 Å². The van der Waals surface area contributed by atoms with E-state index in [2.05, 4.69) is 0 Å². The van der Waals surface area contributed by atoms with Crippen molar-refractivity contribution in [2.75, 3.05) is 19.8 Å². The second-order valence-electron chi connectivity index (χ2n) is 2.32. The highest BCUT2D eigenvalue weighted by Crippen LogP contribution is 2.08. The maximum absolute atomic E-state index is 5.38. The van der Waals surface area contributed by atoms with Crippen molar-refractivity contribution in [3.8, 4) is 0 Å². The van der Waals surface area contributed by atoms with Crippen LogP contribution < -0.4 is 0 Å². The van der Waals surface area contributed by atoms with Crippen LogP contribution in [0.1, 0.15) is 13.8 Å². The van der Waals surface area contributed by atoms with Crippen molar-refractivity contribution >= 4 is 0 Å². The molecule has 1 aliphatic heterocycles. The van der Waals surface area contributed by atoms with E-state index in [1.54, 1.807) is 0 Å². The predicted molar refractivity (Wildman–Crippen MR) is 36.8 cm³/mol. The van der Waals surface area contributed by atoms with Crippen LogP contribution in [0.3, 0.4) is 0 Å². The first-order valence-electron chi connectivity index (χ1n) is 3.67. The summed E-state index contributed by atoms with van der Waals surface area (Å²) >= 11 is 0. The Labute approximate surface area is 61.3 Å². The molecular weight excluding hydrogens is 132 g/mol. The normalized spacial score (nSPS) is 22.2. The molecule has 3 heteroatoms. The van der Waals surface area contributed by atoms with Crippen LogP contribution in [-0.4, -0.2) is 32.2 Å². The van der Waals surface area contributed by atoms with Crippen molar-refractivity contribution in [2.45, 2.75) is 26.2 Å².